The van der Waals surface area contributed by atoms with Gasteiger partial charge < -0.3 is 9.84 Å². The van der Waals surface area contributed by atoms with Crippen LogP contribution in [0, 0.1) is 6.92 Å². The predicted octanol–water partition coefficient (Wildman–Crippen LogP) is -1.16. The van der Waals surface area contributed by atoms with Gasteiger partial charge in [0.15, 0.2) is 15.8 Å². The number of aryl methyl sites for hydroxylation is 1. The summed E-state index contributed by atoms with van der Waals surface area (Å²) in [4.78, 5) is 25.1. The number of sulfone groups is 1. The lowest BCUT2D eigenvalue weighted by molar-refractivity contribution is -0.0242. The van der Waals surface area contributed by atoms with E-state index in [1.807, 2.05) is 0 Å². The second-order valence-electron chi connectivity index (χ2n) is 4.84. The summed E-state index contributed by atoms with van der Waals surface area (Å²) < 4.78 is 42.3. The average Bonchev–Trinajstić information content (AvgIpc) is 2.87. The number of halogens is 1. The number of aliphatic hydroxyl groups excluding tert-OH is 1. The van der Waals surface area contributed by atoms with Crippen LogP contribution in [-0.4, -0.2) is 47.0 Å². The molecule has 2 heterocycles. The predicted molar refractivity (Wildman–Crippen MR) is 70.4 cm³/mol. The molecular formula is C11H15FN2O6S. The molecule has 0 amide bonds. The van der Waals surface area contributed by atoms with Gasteiger partial charge >= 0.3 is 5.69 Å². The van der Waals surface area contributed by atoms with Crippen LogP contribution in [0.5, 0.6) is 0 Å². The molecule has 21 heavy (non-hydrogen) atoms. The molecule has 1 aromatic heterocycles. The van der Waals surface area contributed by atoms with Crippen LogP contribution in [0.2, 0.25) is 0 Å². The highest BCUT2D eigenvalue weighted by molar-refractivity contribution is 7.91. The zero-order valence-corrected chi connectivity index (χ0v) is 12.0. The maximum absolute atomic E-state index is 12.6. The summed E-state index contributed by atoms with van der Waals surface area (Å²) in [5.41, 5.74) is -1.07. The number of ether oxygens (including phenoxy) is 1. The standard InChI is InChI=1S/C11H15FN2O6S/c1-6-3-14(11(17)13-10(6)16)9-2-8(7(4-15)20-9)21(18,19)5-12/h3,7-9,15H,2,4-5H2,1H3,(H,13,16,17)/t7-,8+,9-/m1/s1. The highest BCUT2D eigenvalue weighted by Gasteiger charge is 2.44. The van der Waals surface area contributed by atoms with Crippen LogP contribution in [0.25, 0.3) is 0 Å². The Morgan fingerprint density at radius 3 is 2.76 bits per heavy atom. The van der Waals surface area contributed by atoms with E-state index in [2.05, 4.69) is 4.98 Å². The molecule has 1 saturated heterocycles. The van der Waals surface area contributed by atoms with Gasteiger partial charge in [0, 0.05) is 18.2 Å². The van der Waals surface area contributed by atoms with Crippen LogP contribution in [0.15, 0.2) is 15.8 Å². The van der Waals surface area contributed by atoms with Crippen molar-refractivity contribution in [1.29, 1.82) is 0 Å². The minimum Gasteiger partial charge on any atom is -0.394 e. The number of rotatable bonds is 4. The summed E-state index contributed by atoms with van der Waals surface area (Å²) in [6, 6.07) is -1.57. The van der Waals surface area contributed by atoms with Gasteiger partial charge in [0.1, 0.15) is 12.3 Å². The van der Waals surface area contributed by atoms with E-state index in [-0.39, 0.29) is 12.0 Å². The maximum atomic E-state index is 12.6. The summed E-state index contributed by atoms with van der Waals surface area (Å²) in [5, 5.41) is 7.93. The van der Waals surface area contributed by atoms with Crippen molar-refractivity contribution in [2.75, 3.05) is 12.6 Å². The van der Waals surface area contributed by atoms with Crippen molar-refractivity contribution in [2.24, 2.45) is 0 Å². The second kappa shape index (κ2) is 5.70. The quantitative estimate of drug-likeness (QED) is 0.721. The van der Waals surface area contributed by atoms with E-state index in [1.165, 1.54) is 13.1 Å². The Balaban J connectivity index is 2.39. The Morgan fingerprint density at radius 1 is 1.52 bits per heavy atom. The van der Waals surface area contributed by atoms with Crippen LogP contribution in [0.4, 0.5) is 4.39 Å². The van der Waals surface area contributed by atoms with Gasteiger partial charge in [-0.3, -0.25) is 14.3 Å². The summed E-state index contributed by atoms with van der Waals surface area (Å²) in [6.07, 6.45) is -1.04. The molecule has 0 bridgehead atoms. The van der Waals surface area contributed by atoms with Gasteiger partial charge in [-0.1, -0.05) is 0 Å². The summed E-state index contributed by atoms with van der Waals surface area (Å²) in [6.45, 7) is 0.862. The highest BCUT2D eigenvalue weighted by atomic mass is 32.2. The fourth-order valence-electron chi connectivity index (χ4n) is 2.29. The minimum atomic E-state index is -4.07. The molecule has 0 aliphatic carbocycles. The van der Waals surface area contributed by atoms with E-state index in [0.717, 1.165) is 4.57 Å². The van der Waals surface area contributed by atoms with Crippen LogP contribution >= 0.6 is 0 Å². The fraction of sp³-hybridized carbons (Fsp3) is 0.636. The Bertz CT molecular complexity index is 740. The monoisotopic (exact) mass is 322 g/mol. The van der Waals surface area contributed by atoms with E-state index in [9.17, 15) is 27.5 Å². The molecule has 10 heteroatoms. The number of aliphatic hydroxyl groups is 1. The topological polar surface area (TPSA) is 118 Å². The third-order valence-corrected chi connectivity index (χ3v) is 5.15. The molecule has 0 unspecified atom stereocenters. The van der Waals surface area contributed by atoms with Gasteiger partial charge in [0.25, 0.3) is 5.56 Å². The zero-order chi connectivity index (χ0) is 15.8. The van der Waals surface area contributed by atoms with Crippen LogP contribution in [0.1, 0.15) is 18.2 Å². The molecule has 0 aromatic carbocycles. The van der Waals surface area contributed by atoms with Gasteiger partial charge in [-0.15, -0.1) is 0 Å². The molecule has 0 saturated carbocycles. The van der Waals surface area contributed by atoms with Gasteiger partial charge in [0.2, 0.25) is 0 Å². The molecule has 3 atom stereocenters. The lowest BCUT2D eigenvalue weighted by atomic mass is 10.2. The van der Waals surface area contributed by atoms with Gasteiger partial charge in [-0.25, -0.2) is 17.6 Å². The van der Waals surface area contributed by atoms with Crippen LogP contribution < -0.4 is 11.2 Å². The first-order valence-electron chi connectivity index (χ1n) is 6.16. The first kappa shape index (κ1) is 15.9. The van der Waals surface area contributed by atoms with Gasteiger partial charge in [-0.05, 0) is 6.92 Å². The molecule has 118 valence electrons. The average molecular weight is 322 g/mol. The Hall–Kier alpha value is -1.52. The zero-order valence-electron chi connectivity index (χ0n) is 11.2. The van der Waals surface area contributed by atoms with E-state index < -0.39 is 51.3 Å². The van der Waals surface area contributed by atoms with E-state index in [0.29, 0.717) is 0 Å². The molecule has 1 fully saturated rings. The molecule has 0 spiro atoms. The number of hydrogen-bond donors (Lipinski definition) is 2. The first-order valence-corrected chi connectivity index (χ1v) is 7.87. The van der Waals surface area contributed by atoms with E-state index in [1.54, 1.807) is 0 Å². The third kappa shape index (κ3) is 2.92. The second-order valence-corrected chi connectivity index (χ2v) is 6.99. The van der Waals surface area contributed by atoms with Crippen molar-refractivity contribution in [3.8, 4) is 0 Å². The van der Waals surface area contributed by atoms with Gasteiger partial charge in [0.05, 0.1) is 11.9 Å². The number of aromatic nitrogens is 2. The molecule has 1 aliphatic rings. The van der Waals surface area contributed by atoms with Crippen molar-refractivity contribution >= 4 is 9.84 Å². The summed E-state index contributed by atoms with van der Waals surface area (Å²) in [5.74, 6) is 0. The van der Waals surface area contributed by atoms with Crippen molar-refractivity contribution in [2.45, 2.75) is 30.9 Å². The highest BCUT2D eigenvalue weighted by Crippen LogP contribution is 2.32. The number of nitrogens with zero attached hydrogens (tertiary/aromatic N) is 1. The molecule has 2 N–H and O–H groups in total. The lowest BCUT2D eigenvalue weighted by Gasteiger charge is -2.15. The molecule has 1 aromatic rings. The van der Waals surface area contributed by atoms with Crippen molar-refractivity contribution in [3.05, 3.63) is 32.6 Å². The third-order valence-electron chi connectivity index (χ3n) is 3.43. The first-order chi connectivity index (χ1) is 9.80. The number of aromatic amines is 1. The lowest BCUT2D eigenvalue weighted by Crippen LogP contribution is -2.33. The molecular weight excluding hydrogens is 307 g/mol. The largest absolute Gasteiger partial charge is 0.394 e. The van der Waals surface area contributed by atoms with Crippen LogP contribution in [-0.2, 0) is 14.6 Å². The summed E-state index contributed by atoms with van der Waals surface area (Å²) in [7, 11) is -4.07. The number of nitrogens with one attached hydrogen (secondary N) is 1. The number of alkyl halides is 1. The van der Waals surface area contributed by atoms with E-state index >= 15 is 0 Å². The van der Waals surface area contributed by atoms with Crippen molar-refractivity contribution in [1.82, 2.24) is 9.55 Å². The molecule has 0 radical (unpaired) electrons. The van der Waals surface area contributed by atoms with Crippen molar-refractivity contribution in [3.63, 3.8) is 0 Å². The Kier molecular flexibility index (Phi) is 4.30. The van der Waals surface area contributed by atoms with Crippen molar-refractivity contribution < 1.29 is 22.7 Å². The smallest absolute Gasteiger partial charge is 0.330 e. The fourth-order valence-corrected chi connectivity index (χ4v) is 3.53. The minimum absolute atomic E-state index is 0.178. The molecule has 2 rings (SSSR count). The van der Waals surface area contributed by atoms with Crippen LogP contribution in [0.3, 0.4) is 0 Å². The normalized spacial score (nSPS) is 26.1. The number of hydrogen-bond acceptors (Lipinski definition) is 6. The number of H-pyrrole nitrogens is 1. The van der Waals surface area contributed by atoms with E-state index in [4.69, 9.17) is 4.74 Å². The van der Waals surface area contributed by atoms with Gasteiger partial charge in [-0.2, -0.15) is 0 Å². The Morgan fingerprint density at radius 2 is 2.19 bits per heavy atom. The SMILES string of the molecule is Cc1cn([C@H]2C[C@H](S(=O)(=O)CF)[C@@H](CO)O2)c(=O)[nH]c1=O. The molecule has 8 nitrogen and oxygen atoms in total. The maximum Gasteiger partial charge on any atom is 0.330 e. The Labute approximate surface area is 119 Å². The molecule has 1 aliphatic heterocycles. The summed E-state index contributed by atoms with van der Waals surface area (Å²) >= 11 is 0.